The van der Waals surface area contributed by atoms with Crippen LogP contribution in [0.4, 0.5) is 0 Å². The summed E-state index contributed by atoms with van der Waals surface area (Å²) in [5.74, 6) is 0.908. The normalized spacial score (nSPS) is 17.3. The number of nitrogens with one attached hydrogen (secondary N) is 2. The van der Waals surface area contributed by atoms with Crippen molar-refractivity contribution in [2.45, 2.75) is 38.3 Å². The van der Waals surface area contributed by atoms with E-state index in [1.807, 2.05) is 13.1 Å². The molecule has 18 heavy (non-hydrogen) atoms. The van der Waals surface area contributed by atoms with Crippen LogP contribution in [0.15, 0.2) is 35.3 Å². The molecule has 1 aliphatic rings. The van der Waals surface area contributed by atoms with Crippen molar-refractivity contribution < 1.29 is 0 Å². The van der Waals surface area contributed by atoms with Gasteiger partial charge in [-0.2, -0.15) is 0 Å². The third-order valence-electron chi connectivity index (χ3n) is 3.32. The van der Waals surface area contributed by atoms with Gasteiger partial charge in [-0.05, 0) is 31.7 Å². The molecule has 1 fully saturated rings. The molecule has 2 N–H and O–H groups in total. The number of rotatable bonds is 3. The second kappa shape index (κ2) is 7.61. The minimum Gasteiger partial charge on any atom is -0.354 e. The minimum atomic E-state index is 0. The van der Waals surface area contributed by atoms with Crippen molar-refractivity contribution in [1.29, 1.82) is 0 Å². The van der Waals surface area contributed by atoms with E-state index in [1.54, 1.807) is 0 Å². The van der Waals surface area contributed by atoms with Crippen molar-refractivity contribution >= 4 is 29.9 Å². The monoisotopic (exact) mass is 359 g/mol. The zero-order chi connectivity index (χ0) is 12.1. The van der Waals surface area contributed by atoms with Crippen LogP contribution in [0.1, 0.15) is 37.8 Å². The smallest absolute Gasteiger partial charge is 0.191 e. The largest absolute Gasteiger partial charge is 0.354 e. The van der Waals surface area contributed by atoms with Gasteiger partial charge in [0.2, 0.25) is 0 Å². The van der Waals surface area contributed by atoms with Gasteiger partial charge in [-0.3, -0.25) is 4.99 Å². The highest BCUT2D eigenvalue weighted by atomic mass is 127. The van der Waals surface area contributed by atoms with Crippen LogP contribution in [0, 0.1) is 0 Å². The molecule has 1 saturated carbocycles. The van der Waals surface area contributed by atoms with Gasteiger partial charge in [-0.25, -0.2) is 0 Å². The third kappa shape index (κ3) is 4.15. The second-order valence-electron chi connectivity index (χ2n) is 4.62. The lowest BCUT2D eigenvalue weighted by molar-refractivity contribution is 0.378. The van der Waals surface area contributed by atoms with E-state index in [1.165, 1.54) is 24.8 Å². The van der Waals surface area contributed by atoms with Crippen LogP contribution in [-0.2, 0) is 0 Å². The van der Waals surface area contributed by atoms with Gasteiger partial charge in [0.05, 0.1) is 6.04 Å². The predicted molar refractivity (Wildman–Crippen MR) is 87.5 cm³/mol. The molecule has 0 aromatic heterocycles. The van der Waals surface area contributed by atoms with Crippen LogP contribution in [0.5, 0.6) is 0 Å². The quantitative estimate of drug-likeness (QED) is 0.494. The maximum Gasteiger partial charge on any atom is 0.191 e. The van der Waals surface area contributed by atoms with Gasteiger partial charge in [-0.1, -0.05) is 30.3 Å². The molecule has 0 amide bonds. The third-order valence-corrected chi connectivity index (χ3v) is 3.32. The van der Waals surface area contributed by atoms with Gasteiger partial charge >= 0.3 is 0 Å². The fourth-order valence-corrected chi connectivity index (χ4v) is 1.95. The minimum absolute atomic E-state index is 0. The molecule has 1 aliphatic carbocycles. The molecule has 100 valence electrons. The molecule has 1 unspecified atom stereocenters. The number of guanidine groups is 1. The Labute approximate surface area is 126 Å². The van der Waals surface area contributed by atoms with Gasteiger partial charge in [-0.15, -0.1) is 24.0 Å². The fraction of sp³-hybridized carbons (Fsp3) is 0.500. The average molecular weight is 359 g/mol. The molecular formula is C14H22IN3. The van der Waals surface area contributed by atoms with E-state index >= 15 is 0 Å². The van der Waals surface area contributed by atoms with Gasteiger partial charge in [0.15, 0.2) is 5.96 Å². The molecule has 0 aliphatic heterocycles. The van der Waals surface area contributed by atoms with E-state index in [0.717, 1.165) is 5.96 Å². The summed E-state index contributed by atoms with van der Waals surface area (Å²) in [6.07, 6.45) is 3.86. The van der Waals surface area contributed by atoms with E-state index in [0.29, 0.717) is 6.04 Å². The summed E-state index contributed by atoms with van der Waals surface area (Å²) in [5.41, 5.74) is 1.28. The number of nitrogens with zero attached hydrogens (tertiary/aromatic N) is 1. The van der Waals surface area contributed by atoms with Crippen LogP contribution in [0.2, 0.25) is 0 Å². The van der Waals surface area contributed by atoms with Gasteiger partial charge < -0.3 is 10.6 Å². The van der Waals surface area contributed by atoms with Crippen molar-refractivity contribution in [1.82, 2.24) is 10.6 Å². The number of benzene rings is 1. The van der Waals surface area contributed by atoms with Crippen molar-refractivity contribution in [3.8, 4) is 0 Å². The van der Waals surface area contributed by atoms with Crippen LogP contribution < -0.4 is 10.6 Å². The molecule has 0 radical (unpaired) electrons. The fourth-order valence-electron chi connectivity index (χ4n) is 1.95. The van der Waals surface area contributed by atoms with Crippen molar-refractivity contribution in [3.05, 3.63) is 35.9 Å². The highest BCUT2D eigenvalue weighted by molar-refractivity contribution is 14.0. The van der Waals surface area contributed by atoms with Crippen LogP contribution in [-0.4, -0.2) is 19.0 Å². The zero-order valence-electron chi connectivity index (χ0n) is 11.0. The van der Waals surface area contributed by atoms with E-state index in [9.17, 15) is 0 Å². The first-order chi connectivity index (χ1) is 8.29. The Morgan fingerprint density at radius 3 is 2.44 bits per heavy atom. The summed E-state index contributed by atoms with van der Waals surface area (Å²) < 4.78 is 0. The van der Waals surface area contributed by atoms with E-state index in [2.05, 4.69) is 46.8 Å². The summed E-state index contributed by atoms with van der Waals surface area (Å²) in [5, 5.41) is 6.86. The Hall–Kier alpha value is -0.780. The summed E-state index contributed by atoms with van der Waals surface area (Å²) >= 11 is 0. The summed E-state index contributed by atoms with van der Waals surface area (Å²) in [7, 11) is 1.83. The number of hydrogen-bond acceptors (Lipinski definition) is 1. The van der Waals surface area contributed by atoms with Crippen LogP contribution in [0.25, 0.3) is 0 Å². The SMILES string of the molecule is CN=C(NC1CCC1)NC(C)c1ccccc1.I. The number of hydrogen-bond donors (Lipinski definition) is 2. The van der Waals surface area contributed by atoms with Crippen LogP contribution >= 0.6 is 24.0 Å². The van der Waals surface area contributed by atoms with Gasteiger partial charge in [0, 0.05) is 13.1 Å². The summed E-state index contributed by atoms with van der Waals surface area (Å²) in [6.45, 7) is 2.16. The lowest BCUT2D eigenvalue weighted by Gasteiger charge is -2.29. The van der Waals surface area contributed by atoms with E-state index < -0.39 is 0 Å². The standard InChI is InChI=1S/C14H21N3.HI/c1-11(12-7-4-3-5-8-12)16-14(15-2)17-13-9-6-10-13;/h3-5,7-8,11,13H,6,9-10H2,1-2H3,(H2,15,16,17);1H. The molecule has 0 bridgehead atoms. The first-order valence-electron chi connectivity index (χ1n) is 6.34. The average Bonchev–Trinajstić information content (AvgIpc) is 2.33. The molecule has 0 heterocycles. The Morgan fingerprint density at radius 1 is 1.28 bits per heavy atom. The molecule has 0 spiro atoms. The van der Waals surface area contributed by atoms with Crippen molar-refractivity contribution in [2.24, 2.45) is 4.99 Å². The summed E-state index contributed by atoms with van der Waals surface area (Å²) in [6, 6.07) is 11.3. The molecule has 4 heteroatoms. The highest BCUT2D eigenvalue weighted by Gasteiger charge is 2.18. The number of halogens is 1. The Balaban J connectivity index is 0.00000162. The van der Waals surface area contributed by atoms with Crippen molar-refractivity contribution in [3.63, 3.8) is 0 Å². The molecule has 1 atom stereocenters. The lowest BCUT2D eigenvalue weighted by Crippen LogP contribution is -2.46. The zero-order valence-corrected chi connectivity index (χ0v) is 13.3. The molecule has 0 saturated heterocycles. The highest BCUT2D eigenvalue weighted by Crippen LogP contribution is 2.18. The Bertz CT molecular complexity index is 374. The first-order valence-corrected chi connectivity index (χ1v) is 6.34. The predicted octanol–water partition coefficient (Wildman–Crippen LogP) is 3.08. The Kier molecular flexibility index (Phi) is 6.46. The molecule has 2 rings (SSSR count). The van der Waals surface area contributed by atoms with E-state index in [-0.39, 0.29) is 30.0 Å². The summed E-state index contributed by atoms with van der Waals surface area (Å²) in [4.78, 5) is 4.27. The Morgan fingerprint density at radius 2 is 1.94 bits per heavy atom. The van der Waals surface area contributed by atoms with E-state index in [4.69, 9.17) is 0 Å². The first kappa shape index (κ1) is 15.3. The van der Waals surface area contributed by atoms with Gasteiger partial charge in [0.25, 0.3) is 0 Å². The van der Waals surface area contributed by atoms with Gasteiger partial charge in [0.1, 0.15) is 0 Å². The molecule has 1 aromatic carbocycles. The molecule has 3 nitrogen and oxygen atoms in total. The second-order valence-corrected chi connectivity index (χ2v) is 4.62. The maximum atomic E-state index is 4.27. The van der Waals surface area contributed by atoms with Crippen LogP contribution in [0.3, 0.4) is 0 Å². The molecule has 1 aromatic rings. The number of aliphatic imine (C=N–C) groups is 1. The lowest BCUT2D eigenvalue weighted by atomic mass is 9.93. The topological polar surface area (TPSA) is 36.4 Å². The molecular weight excluding hydrogens is 337 g/mol. The maximum absolute atomic E-state index is 4.27. The van der Waals surface area contributed by atoms with Crippen molar-refractivity contribution in [2.75, 3.05) is 7.05 Å².